The maximum Gasteiger partial charge on any atom is 0.417 e. The molecule has 1 heterocycles. The number of alkyl halides is 3. The maximum atomic E-state index is 12.8. The molecule has 11 heteroatoms. The van der Waals surface area contributed by atoms with Crippen LogP contribution in [0.4, 0.5) is 24.5 Å². The van der Waals surface area contributed by atoms with Gasteiger partial charge in [0.15, 0.2) is 0 Å². The Hall–Kier alpha value is -2.62. The number of carbonyl (C=O) groups is 1. The van der Waals surface area contributed by atoms with E-state index in [0.717, 1.165) is 23.1 Å². The van der Waals surface area contributed by atoms with Gasteiger partial charge in [-0.3, -0.25) is 19.6 Å². The van der Waals surface area contributed by atoms with Gasteiger partial charge in [0.05, 0.1) is 15.5 Å². The summed E-state index contributed by atoms with van der Waals surface area (Å²) in [6, 6.07) is 1.97. The molecule has 0 aliphatic carbocycles. The standard InChI is InChI=1S/C13H10ClF3N4O3/c1-7(20-6-9(5-18-20)21(23)24)12(22)19-8-2-3-11(14)10(4-8)13(15,16)17/h2-7H,1H3,(H,19,22)/t7-/m1/s1. The van der Waals surface area contributed by atoms with E-state index in [0.29, 0.717) is 6.07 Å². The number of nitrogens with zero attached hydrogens (tertiary/aromatic N) is 3. The largest absolute Gasteiger partial charge is 0.417 e. The fraction of sp³-hybridized carbons (Fsp3) is 0.231. The van der Waals surface area contributed by atoms with Gasteiger partial charge in [0, 0.05) is 5.69 Å². The SMILES string of the molecule is C[C@H](C(=O)Nc1ccc(Cl)c(C(F)(F)F)c1)n1cc([N+](=O)[O-])cn1. The molecule has 2 rings (SSSR count). The van der Waals surface area contributed by atoms with E-state index >= 15 is 0 Å². The molecule has 0 saturated carbocycles. The molecule has 1 atom stereocenters. The van der Waals surface area contributed by atoms with Crippen molar-refractivity contribution in [2.75, 3.05) is 5.32 Å². The first kappa shape index (κ1) is 17.7. The summed E-state index contributed by atoms with van der Waals surface area (Å²) < 4.78 is 39.4. The summed E-state index contributed by atoms with van der Waals surface area (Å²) >= 11 is 5.50. The lowest BCUT2D eigenvalue weighted by Crippen LogP contribution is -2.24. The minimum atomic E-state index is -4.66. The number of halogens is 4. The minimum Gasteiger partial charge on any atom is -0.324 e. The average molecular weight is 363 g/mol. The van der Waals surface area contributed by atoms with Gasteiger partial charge >= 0.3 is 11.9 Å². The van der Waals surface area contributed by atoms with Crippen LogP contribution in [0.5, 0.6) is 0 Å². The molecule has 0 spiro atoms. The Kier molecular flexibility index (Phi) is 4.78. The lowest BCUT2D eigenvalue weighted by atomic mass is 10.2. The number of rotatable bonds is 4. The second-order valence-electron chi connectivity index (χ2n) is 4.79. The van der Waals surface area contributed by atoms with Crippen molar-refractivity contribution in [2.24, 2.45) is 0 Å². The highest BCUT2D eigenvalue weighted by molar-refractivity contribution is 6.31. The molecule has 0 radical (unpaired) electrons. The Balaban J connectivity index is 2.18. The number of nitrogens with one attached hydrogen (secondary N) is 1. The van der Waals surface area contributed by atoms with Crippen LogP contribution < -0.4 is 5.32 Å². The van der Waals surface area contributed by atoms with Crippen molar-refractivity contribution in [3.63, 3.8) is 0 Å². The number of carbonyl (C=O) groups excluding carboxylic acids is 1. The lowest BCUT2D eigenvalue weighted by Gasteiger charge is -2.14. The molecule has 0 saturated heterocycles. The number of benzene rings is 1. The highest BCUT2D eigenvalue weighted by atomic mass is 35.5. The maximum absolute atomic E-state index is 12.8. The summed E-state index contributed by atoms with van der Waals surface area (Å²) in [4.78, 5) is 22.0. The van der Waals surface area contributed by atoms with Crippen LogP contribution in [0.1, 0.15) is 18.5 Å². The molecule has 1 aromatic heterocycles. The molecule has 1 aromatic carbocycles. The molecular weight excluding hydrogens is 353 g/mol. The van der Waals surface area contributed by atoms with Crippen LogP contribution in [0.2, 0.25) is 5.02 Å². The van der Waals surface area contributed by atoms with Gasteiger partial charge in [-0.25, -0.2) is 0 Å². The van der Waals surface area contributed by atoms with Crippen molar-refractivity contribution in [2.45, 2.75) is 19.1 Å². The summed E-state index contributed by atoms with van der Waals surface area (Å²) in [6.07, 6.45) is -2.65. The zero-order chi connectivity index (χ0) is 18.1. The van der Waals surface area contributed by atoms with E-state index in [9.17, 15) is 28.1 Å². The predicted octanol–water partition coefficient (Wildman–Crippen LogP) is 3.66. The molecule has 2 aromatic rings. The summed E-state index contributed by atoms with van der Waals surface area (Å²) in [5, 5.41) is 16.1. The normalized spacial score (nSPS) is 12.7. The van der Waals surface area contributed by atoms with E-state index in [1.165, 1.54) is 13.0 Å². The highest BCUT2D eigenvalue weighted by Gasteiger charge is 2.33. The summed E-state index contributed by atoms with van der Waals surface area (Å²) in [5.74, 6) is -0.691. The number of hydrogen-bond acceptors (Lipinski definition) is 4. The van der Waals surface area contributed by atoms with Crippen LogP contribution in [0.25, 0.3) is 0 Å². The number of aromatic nitrogens is 2. The predicted molar refractivity (Wildman–Crippen MR) is 78.7 cm³/mol. The number of nitro groups is 1. The number of anilines is 1. The Labute approximate surface area is 138 Å². The highest BCUT2D eigenvalue weighted by Crippen LogP contribution is 2.36. The number of hydrogen-bond donors (Lipinski definition) is 1. The Morgan fingerprint density at radius 2 is 2.12 bits per heavy atom. The number of amides is 1. The van der Waals surface area contributed by atoms with Gasteiger partial charge in [0.1, 0.15) is 18.4 Å². The van der Waals surface area contributed by atoms with Crippen molar-refractivity contribution in [3.05, 3.63) is 51.3 Å². The summed E-state index contributed by atoms with van der Waals surface area (Å²) in [6.45, 7) is 1.40. The zero-order valence-corrected chi connectivity index (χ0v) is 12.8. The van der Waals surface area contributed by atoms with Gasteiger partial charge in [-0.1, -0.05) is 11.6 Å². The van der Waals surface area contributed by atoms with E-state index in [-0.39, 0.29) is 11.4 Å². The average Bonchev–Trinajstić information content (AvgIpc) is 2.97. The van der Waals surface area contributed by atoms with E-state index in [4.69, 9.17) is 11.6 Å². The van der Waals surface area contributed by atoms with Crippen LogP contribution in [0.15, 0.2) is 30.6 Å². The first-order chi connectivity index (χ1) is 11.1. The van der Waals surface area contributed by atoms with Gasteiger partial charge in [0.25, 0.3) is 0 Å². The monoisotopic (exact) mass is 362 g/mol. The van der Waals surface area contributed by atoms with E-state index < -0.39 is 33.6 Å². The van der Waals surface area contributed by atoms with Crippen LogP contribution in [0.3, 0.4) is 0 Å². The summed E-state index contributed by atoms with van der Waals surface area (Å²) in [5.41, 5.74) is -1.49. The quantitative estimate of drug-likeness (QED) is 0.663. The first-order valence-electron chi connectivity index (χ1n) is 6.45. The second kappa shape index (κ2) is 6.48. The lowest BCUT2D eigenvalue weighted by molar-refractivity contribution is -0.385. The molecule has 0 bridgehead atoms. The third-order valence-electron chi connectivity index (χ3n) is 3.11. The smallest absolute Gasteiger partial charge is 0.324 e. The van der Waals surface area contributed by atoms with E-state index in [1.807, 2.05) is 0 Å². The minimum absolute atomic E-state index is 0.106. The molecule has 0 fully saturated rings. The molecule has 0 unspecified atom stereocenters. The molecule has 1 N–H and O–H groups in total. The zero-order valence-electron chi connectivity index (χ0n) is 12.0. The Bertz CT molecular complexity index is 791. The van der Waals surface area contributed by atoms with Crippen LogP contribution in [-0.2, 0) is 11.0 Å². The Morgan fingerprint density at radius 1 is 1.46 bits per heavy atom. The molecule has 0 aliphatic rings. The Morgan fingerprint density at radius 3 is 2.67 bits per heavy atom. The van der Waals surface area contributed by atoms with E-state index in [2.05, 4.69) is 10.4 Å². The topological polar surface area (TPSA) is 90.1 Å². The molecule has 24 heavy (non-hydrogen) atoms. The molecule has 7 nitrogen and oxygen atoms in total. The molecule has 128 valence electrons. The van der Waals surface area contributed by atoms with Crippen molar-refractivity contribution < 1.29 is 22.9 Å². The second-order valence-corrected chi connectivity index (χ2v) is 5.20. The van der Waals surface area contributed by atoms with Crippen LogP contribution in [0, 0.1) is 10.1 Å². The first-order valence-corrected chi connectivity index (χ1v) is 6.83. The van der Waals surface area contributed by atoms with Gasteiger partial charge < -0.3 is 5.32 Å². The van der Waals surface area contributed by atoms with Crippen LogP contribution >= 0.6 is 11.6 Å². The third kappa shape index (κ3) is 3.82. The summed E-state index contributed by atoms with van der Waals surface area (Å²) in [7, 11) is 0. The molecular formula is C13H10ClF3N4O3. The van der Waals surface area contributed by atoms with Crippen molar-refractivity contribution in [1.82, 2.24) is 9.78 Å². The van der Waals surface area contributed by atoms with Crippen molar-refractivity contribution in [3.8, 4) is 0 Å². The van der Waals surface area contributed by atoms with Gasteiger partial charge in [0.2, 0.25) is 5.91 Å². The van der Waals surface area contributed by atoms with Gasteiger partial charge in [-0.2, -0.15) is 18.3 Å². The van der Waals surface area contributed by atoms with E-state index in [1.54, 1.807) is 0 Å². The van der Waals surface area contributed by atoms with Crippen molar-refractivity contribution in [1.29, 1.82) is 0 Å². The van der Waals surface area contributed by atoms with Gasteiger partial charge in [-0.05, 0) is 25.1 Å². The third-order valence-corrected chi connectivity index (χ3v) is 3.44. The fourth-order valence-electron chi connectivity index (χ4n) is 1.82. The van der Waals surface area contributed by atoms with Crippen molar-refractivity contribution >= 4 is 28.9 Å². The van der Waals surface area contributed by atoms with Gasteiger partial charge in [-0.15, -0.1) is 0 Å². The fourth-order valence-corrected chi connectivity index (χ4v) is 2.05. The molecule has 0 aliphatic heterocycles. The molecule has 1 amide bonds. The van der Waals surface area contributed by atoms with Crippen LogP contribution in [-0.4, -0.2) is 20.6 Å².